The Morgan fingerprint density at radius 1 is 1.00 bits per heavy atom. The van der Waals surface area contributed by atoms with E-state index in [1.165, 1.54) is 11.1 Å². The second-order valence-corrected chi connectivity index (χ2v) is 6.99. The number of fused-ring (bicyclic) bond motifs is 1. The molecular formula is C19H21N5. The van der Waals surface area contributed by atoms with E-state index in [0.717, 1.165) is 17.9 Å². The van der Waals surface area contributed by atoms with Crippen LogP contribution in [0.2, 0.25) is 0 Å². The molecular weight excluding hydrogens is 298 g/mol. The Balaban J connectivity index is 1.89. The van der Waals surface area contributed by atoms with Gasteiger partial charge in [0.1, 0.15) is 0 Å². The van der Waals surface area contributed by atoms with Crippen LogP contribution < -0.4 is 0 Å². The molecule has 0 saturated carbocycles. The second kappa shape index (κ2) is 5.53. The van der Waals surface area contributed by atoms with Crippen LogP contribution in [0.15, 0.2) is 54.6 Å². The summed E-state index contributed by atoms with van der Waals surface area (Å²) in [4.78, 5) is 2.38. The fourth-order valence-corrected chi connectivity index (χ4v) is 3.54. The topological polar surface area (TPSA) is 46.8 Å². The SMILES string of the molecule is CN1[C@@H](c2nnnn2-c2ccccc2)c2ccccc2CC1(C)C. The van der Waals surface area contributed by atoms with Gasteiger partial charge in [-0.25, -0.2) is 0 Å². The molecule has 0 amide bonds. The highest BCUT2D eigenvalue weighted by molar-refractivity contribution is 5.40. The molecule has 1 aliphatic rings. The summed E-state index contributed by atoms with van der Waals surface area (Å²) >= 11 is 0. The van der Waals surface area contributed by atoms with Crippen LogP contribution in [-0.4, -0.2) is 37.7 Å². The molecule has 2 heterocycles. The minimum absolute atomic E-state index is 0.0279. The number of aromatic nitrogens is 4. The van der Waals surface area contributed by atoms with Gasteiger partial charge in [-0.2, -0.15) is 4.68 Å². The molecule has 0 aliphatic carbocycles. The maximum atomic E-state index is 4.39. The summed E-state index contributed by atoms with van der Waals surface area (Å²) in [6.45, 7) is 4.54. The van der Waals surface area contributed by atoms with Crippen molar-refractivity contribution in [2.45, 2.75) is 31.8 Å². The first-order valence-corrected chi connectivity index (χ1v) is 8.22. The predicted molar refractivity (Wildman–Crippen MR) is 93.0 cm³/mol. The van der Waals surface area contributed by atoms with E-state index in [4.69, 9.17) is 0 Å². The minimum atomic E-state index is 0.0279. The molecule has 24 heavy (non-hydrogen) atoms. The van der Waals surface area contributed by atoms with E-state index in [9.17, 15) is 0 Å². The van der Waals surface area contributed by atoms with E-state index in [-0.39, 0.29) is 11.6 Å². The lowest BCUT2D eigenvalue weighted by molar-refractivity contribution is 0.0993. The van der Waals surface area contributed by atoms with Crippen LogP contribution in [0.3, 0.4) is 0 Å². The standard InChI is InChI=1S/C19H21N5/c1-19(2)13-14-9-7-8-12-16(14)17(23(19)3)18-20-21-22-24(18)15-10-5-4-6-11-15/h4-12,17H,13H2,1-3H3/t17-/m1/s1. The van der Waals surface area contributed by atoms with Crippen LogP contribution >= 0.6 is 0 Å². The third kappa shape index (κ3) is 2.32. The number of likely N-dealkylation sites (N-methyl/N-ethyl adjacent to an activating group) is 1. The van der Waals surface area contributed by atoms with Gasteiger partial charge in [-0.1, -0.05) is 42.5 Å². The average molecular weight is 319 g/mol. The van der Waals surface area contributed by atoms with Crippen LogP contribution in [0.5, 0.6) is 0 Å². The number of benzene rings is 2. The quantitative estimate of drug-likeness (QED) is 0.728. The summed E-state index contributed by atoms with van der Waals surface area (Å²) in [6, 6.07) is 18.7. The Hall–Kier alpha value is -2.53. The first kappa shape index (κ1) is 15.0. The maximum Gasteiger partial charge on any atom is 0.178 e. The van der Waals surface area contributed by atoms with Crippen molar-refractivity contribution < 1.29 is 0 Å². The molecule has 0 radical (unpaired) electrons. The molecule has 2 aromatic carbocycles. The molecule has 0 unspecified atom stereocenters. The molecule has 3 aromatic rings. The lowest BCUT2D eigenvalue weighted by atomic mass is 9.81. The van der Waals surface area contributed by atoms with E-state index in [1.54, 1.807) is 0 Å². The molecule has 1 aromatic heterocycles. The molecule has 5 heteroatoms. The first-order chi connectivity index (χ1) is 11.6. The predicted octanol–water partition coefficient (Wildman–Crippen LogP) is 3.02. The average Bonchev–Trinajstić information content (AvgIpc) is 3.06. The maximum absolute atomic E-state index is 4.39. The minimum Gasteiger partial charge on any atom is -0.287 e. The Bertz CT molecular complexity index is 853. The third-order valence-electron chi connectivity index (χ3n) is 5.05. The van der Waals surface area contributed by atoms with Gasteiger partial charge in [-0.3, -0.25) is 4.90 Å². The largest absolute Gasteiger partial charge is 0.287 e. The molecule has 0 saturated heterocycles. The van der Waals surface area contributed by atoms with E-state index < -0.39 is 0 Å². The summed E-state index contributed by atoms with van der Waals surface area (Å²) in [7, 11) is 2.16. The fourth-order valence-electron chi connectivity index (χ4n) is 3.54. The molecule has 1 aliphatic heterocycles. The van der Waals surface area contributed by atoms with Crippen molar-refractivity contribution in [1.82, 2.24) is 25.1 Å². The highest BCUT2D eigenvalue weighted by atomic mass is 15.6. The summed E-state index contributed by atoms with van der Waals surface area (Å²) < 4.78 is 1.85. The number of hydrogen-bond donors (Lipinski definition) is 0. The lowest BCUT2D eigenvalue weighted by Gasteiger charge is -2.45. The number of para-hydroxylation sites is 1. The smallest absolute Gasteiger partial charge is 0.178 e. The van der Waals surface area contributed by atoms with E-state index in [2.05, 4.69) is 65.6 Å². The van der Waals surface area contributed by atoms with Crippen LogP contribution in [0.4, 0.5) is 0 Å². The van der Waals surface area contributed by atoms with Crippen molar-refractivity contribution in [3.8, 4) is 5.69 Å². The van der Waals surface area contributed by atoms with Crippen LogP contribution in [-0.2, 0) is 6.42 Å². The highest BCUT2D eigenvalue weighted by Crippen LogP contribution is 2.40. The molecule has 1 atom stereocenters. The molecule has 0 N–H and O–H groups in total. The van der Waals surface area contributed by atoms with Gasteiger partial charge in [0.2, 0.25) is 0 Å². The Labute approximate surface area is 141 Å². The zero-order chi connectivity index (χ0) is 16.7. The van der Waals surface area contributed by atoms with Gasteiger partial charge < -0.3 is 0 Å². The van der Waals surface area contributed by atoms with Crippen LogP contribution in [0.1, 0.15) is 36.8 Å². The van der Waals surface area contributed by atoms with Gasteiger partial charge in [0, 0.05) is 5.54 Å². The number of nitrogens with zero attached hydrogens (tertiary/aromatic N) is 5. The van der Waals surface area contributed by atoms with Crippen molar-refractivity contribution in [1.29, 1.82) is 0 Å². The first-order valence-electron chi connectivity index (χ1n) is 8.22. The van der Waals surface area contributed by atoms with Crippen LogP contribution in [0, 0.1) is 0 Å². The van der Waals surface area contributed by atoms with Gasteiger partial charge >= 0.3 is 0 Å². The van der Waals surface area contributed by atoms with Crippen LogP contribution in [0.25, 0.3) is 5.69 Å². The van der Waals surface area contributed by atoms with Crippen molar-refractivity contribution in [2.24, 2.45) is 0 Å². The van der Waals surface area contributed by atoms with Gasteiger partial charge in [0.05, 0.1) is 11.7 Å². The second-order valence-electron chi connectivity index (χ2n) is 6.99. The Morgan fingerprint density at radius 3 is 2.50 bits per heavy atom. The molecule has 0 bridgehead atoms. The Morgan fingerprint density at radius 2 is 1.71 bits per heavy atom. The molecule has 122 valence electrons. The lowest BCUT2D eigenvalue weighted by Crippen LogP contribution is -2.49. The highest BCUT2D eigenvalue weighted by Gasteiger charge is 2.40. The molecule has 0 spiro atoms. The number of tetrazole rings is 1. The Kier molecular flexibility index (Phi) is 3.46. The number of rotatable bonds is 2. The fraction of sp³-hybridized carbons (Fsp3) is 0.316. The summed E-state index contributed by atoms with van der Waals surface area (Å²) in [5, 5.41) is 12.6. The van der Waals surface area contributed by atoms with Gasteiger partial charge in [-0.15, -0.1) is 5.10 Å². The monoisotopic (exact) mass is 319 g/mol. The normalized spacial score (nSPS) is 19.9. The zero-order valence-corrected chi connectivity index (χ0v) is 14.2. The van der Waals surface area contributed by atoms with Gasteiger partial charge in [0.15, 0.2) is 5.82 Å². The molecule has 0 fully saturated rings. The van der Waals surface area contributed by atoms with Crippen molar-refractivity contribution in [2.75, 3.05) is 7.05 Å². The summed E-state index contributed by atoms with van der Waals surface area (Å²) in [6.07, 6.45) is 1.02. The molecule has 4 rings (SSSR count). The van der Waals surface area contributed by atoms with E-state index in [0.29, 0.717) is 0 Å². The van der Waals surface area contributed by atoms with E-state index in [1.807, 2.05) is 35.0 Å². The van der Waals surface area contributed by atoms with E-state index >= 15 is 0 Å². The van der Waals surface area contributed by atoms with Gasteiger partial charge in [0.25, 0.3) is 0 Å². The number of hydrogen-bond acceptors (Lipinski definition) is 4. The summed E-state index contributed by atoms with van der Waals surface area (Å²) in [5.41, 5.74) is 3.67. The zero-order valence-electron chi connectivity index (χ0n) is 14.2. The van der Waals surface area contributed by atoms with Crippen molar-refractivity contribution in [3.63, 3.8) is 0 Å². The molecule has 5 nitrogen and oxygen atoms in total. The van der Waals surface area contributed by atoms with Crippen molar-refractivity contribution in [3.05, 3.63) is 71.5 Å². The van der Waals surface area contributed by atoms with Gasteiger partial charge in [-0.05, 0) is 61.0 Å². The van der Waals surface area contributed by atoms with Crippen molar-refractivity contribution >= 4 is 0 Å². The summed E-state index contributed by atoms with van der Waals surface area (Å²) in [5.74, 6) is 0.851. The third-order valence-corrected chi connectivity index (χ3v) is 5.05.